The van der Waals surface area contributed by atoms with Crippen LogP contribution in [0.2, 0.25) is 0 Å². The van der Waals surface area contributed by atoms with Crippen molar-refractivity contribution in [3.63, 3.8) is 0 Å². The molecule has 0 atom stereocenters. The smallest absolute Gasteiger partial charge is 0.194 e. The van der Waals surface area contributed by atoms with E-state index in [1.807, 2.05) is 0 Å². The van der Waals surface area contributed by atoms with Crippen molar-refractivity contribution in [1.29, 1.82) is 0 Å². The summed E-state index contributed by atoms with van der Waals surface area (Å²) in [5.41, 5.74) is 5.03. The summed E-state index contributed by atoms with van der Waals surface area (Å²) in [4.78, 5) is 0. The van der Waals surface area contributed by atoms with Crippen molar-refractivity contribution >= 4 is 91.7 Å². The minimum absolute atomic E-state index is 0. The summed E-state index contributed by atoms with van der Waals surface area (Å²) in [6.07, 6.45) is -1.41. The van der Waals surface area contributed by atoms with E-state index >= 15 is 0 Å². The molecule has 0 radical (unpaired) electrons. The minimum atomic E-state index is -1.41. The molecule has 0 saturated carbocycles. The van der Waals surface area contributed by atoms with E-state index in [9.17, 15) is 0 Å². The summed E-state index contributed by atoms with van der Waals surface area (Å²) < 4.78 is 4.28. The van der Waals surface area contributed by atoms with Crippen LogP contribution in [0, 0.1) is 0 Å². The molecule has 4 aromatic carbocycles. The Balaban J connectivity index is 0.00000256. The van der Waals surface area contributed by atoms with Crippen molar-refractivity contribution in [3.8, 4) is 0 Å². The van der Waals surface area contributed by atoms with Crippen molar-refractivity contribution in [2.24, 2.45) is 0 Å². The van der Waals surface area contributed by atoms with E-state index in [2.05, 4.69) is 161 Å². The van der Waals surface area contributed by atoms with Gasteiger partial charge >= 0.3 is 29.6 Å². The Morgan fingerprint density at radius 1 is 0.400 bits per heavy atom. The zero-order chi connectivity index (χ0) is 20.4. The SMILES string of the molecule is Brc1cccc([B-](c2cccc(Br)c2)(c2cccc(Br)c2)c2cccc(Br)c2)c1.[Na+]. The van der Waals surface area contributed by atoms with Crippen molar-refractivity contribution in [2.75, 3.05) is 0 Å². The Morgan fingerprint density at radius 2 is 0.633 bits per heavy atom. The van der Waals surface area contributed by atoms with Crippen molar-refractivity contribution in [1.82, 2.24) is 0 Å². The number of rotatable bonds is 4. The number of hydrogen-bond acceptors (Lipinski definition) is 0. The Morgan fingerprint density at radius 3 is 0.833 bits per heavy atom. The Kier molecular flexibility index (Phi) is 8.70. The van der Waals surface area contributed by atoms with E-state index in [-0.39, 0.29) is 29.6 Å². The van der Waals surface area contributed by atoms with Crippen LogP contribution in [0.25, 0.3) is 0 Å². The first-order valence-corrected chi connectivity index (χ1v) is 12.4. The summed E-state index contributed by atoms with van der Waals surface area (Å²) in [5, 5.41) is 0. The first-order chi connectivity index (χ1) is 14.0. The fourth-order valence-corrected chi connectivity index (χ4v) is 5.93. The summed E-state index contributed by atoms with van der Waals surface area (Å²) in [7, 11) is 0. The van der Waals surface area contributed by atoms with Crippen LogP contribution in [0.3, 0.4) is 0 Å². The van der Waals surface area contributed by atoms with Gasteiger partial charge in [0.15, 0.2) is 0 Å². The summed E-state index contributed by atoms with van der Waals surface area (Å²) in [5.74, 6) is 0. The molecule has 0 spiro atoms. The third kappa shape index (κ3) is 4.93. The van der Waals surface area contributed by atoms with Gasteiger partial charge in [0, 0.05) is 17.9 Å². The molecular formula is C24H16BBr4Na. The molecule has 4 rings (SSSR count). The molecule has 0 nitrogen and oxygen atoms in total. The van der Waals surface area contributed by atoms with E-state index in [0.29, 0.717) is 0 Å². The van der Waals surface area contributed by atoms with E-state index < -0.39 is 6.15 Å². The predicted octanol–water partition coefficient (Wildman–Crippen LogP) is 3.12. The normalized spacial score (nSPS) is 11.1. The second-order valence-electron chi connectivity index (χ2n) is 7.09. The molecule has 0 aromatic heterocycles. The zero-order valence-corrected chi connectivity index (χ0v) is 24.7. The maximum Gasteiger partial charge on any atom is 1.00 e. The van der Waals surface area contributed by atoms with Gasteiger partial charge < -0.3 is 0 Å². The molecule has 0 bridgehead atoms. The molecule has 144 valence electrons. The topological polar surface area (TPSA) is 0 Å². The first-order valence-electron chi connectivity index (χ1n) is 9.20. The third-order valence-electron chi connectivity index (χ3n) is 5.39. The molecule has 30 heavy (non-hydrogen) atoms. The van der Waals surface area contributed by atoms with Gasteiger partial charge in [-0.3, -0.25) is 0 Å². The van der Waals surface area contributed by atoms with Gasteiger partial charge in [0.25, 0.3) is 0 Å². The minimum Gasteiger partial charge on any atom is -0.194 e. The van der Waals surface area contributed by atoms with Gasteiger partial charge in [0.1, 0.15) is 6.15 Å². The van der Waals surface area contributed by atoms with Crippen LogP contribution in [-0.4, -0.2) is 6.15 Å². The van der Waals surface area contributed by atoms with E-state index in [1.54, 1.807) is 0 Å². The van der Waals surface area contributed by atoms with Gasteiger partial charge in [-0.2, -0.15) is 21.9 Å². The molecule has 0 N–H and O–H groups in total. The fraction of sp³-hybridized carbons (Fsp3) is 0. The number of halogens is 4. The van der Waals surface area contributed by atoms with Crippen LogP contribution in [0.1, 0.15) is 0 Å². The second kappa shape index (κ2) is 10.7. The average Bonchev–Trinajstić information content (AvgIpc) is 2.69. The third-order valence-corrected chi connectivity index (χ3v) is 7.37. The van der Waals surface area contributed by atoms with Crippen LogP contribution in [0.15, 0.2) is 115 Å². The molecule has 6 heteroatoms. The molecular weight excluding hydrogens is 642 g/mol. The Bertz CT molecular complexity index is 991. The molecule has 0 aliphatic carbocycles. The van der Waals surface area contributed by atoms with Gasteiger partial charge in [-0.15, -0.1) is 0 Å². The molecule has 0 fully saturated rings. The number of hydrogen-bond donors (Lipinski definition) is 0. The van der Waals surface area contributed by atoms with Crippen LogP contribution >= 0.6 is 63.7 Å². The van der Waals surface area contributed by atoms with Gasteiger partial charge in [0.2, 0.25) is 0 Å². The van der Waals surface area contributed by atoms with Gasteiger partial charge in [-0.05, 0) is 24.3 Å². The molecule has 0 unspecified atom stereocenters. The summed E-state index contributed by atoms with van der Waals surface area (Å²) in [6, 6.07) is 34.6. The maximum atomic E-state index is 3.70. The molecule has 0 heterocycles. The second-order valence-corrected chi connectivity index (χ2v) is 10.7. The van der Waals surface area contributed by atoms with Crippen LogP contribution in [0.5, 0.6) is 0 Å². The molecule has 0 amide bonds. The summed E-state index contributed by atoms with van der Waals surface area (Å²) >= 11 is 14.8. The Hall–Kier alpha value is -0.135. The van der Waals surface area contributed by atoms with Crippen LogP contribution < -0.4 is 51.4 Å². The van der Waals surface area contributed by atoms with E-state index in [0.717, 1.165) is 17.9 Å². The molecule has 0 saturated heterocycles. The van der Waals surface area contributed by atoms with E-state index in [1.165, 1.54) is 21.9 Å². The Labute approximate surface area is 233 Å². The zero-order valence-electron chi connectivity index (χ0n) is 16.3. The van der Waals surface area contributed by atoms with Crippen molar-refractivity contribution in [2.45, 2.75) is 0 Å². The summed E-state index contributed by atoms with van der Waals surface area (Å²) in [6.45, 7) is 0. The molecule has 0 aliphatic rings. The largest absolute Gasteiger partial charge is 1.00 e. The fourth-order valence-electron chi connectivity index (χ4n) is 4.26. The average molecular weight is 658 g/mol. The maximum absolute atomic E-state index is 3.70. The standard InChI is InChI=1S/C24H16BBr4.Na/c26-21-9-1-5-17(13-21)25(18-6-2-10-22(27)14-18,19-7-3-11-23(28)15-19)20-8-4-12-24(29)16-20;/h1-16H;/q-1;+1. The molecule has 4 aromatic rings. The van der Waals surface area contributed by atoms with Gasteiger partial charge in [-0.25, -0.2) is 0 Å². The first kappa shape index (κ1) is 24.5. The van der Waals surface area contributed by atoms with Crippen LogP contribution in [-0.2, 0) is 0 Å². The monoisotopic (exact) mass is 654 g/mol. The van der Waals surface area contributed by atoms with Crippen molar-refractivity contribution < 1.29 is 29.6 Å². The quantitative estimate of drug-likeness (QED) is 0.296. The van der Waals surface area contributed by atoms with Crippen molar-refractivity contribution in [3.05, 3.63) is 115 Å². The number of benzene rings is 4. The molecule has 0 aliphatic heterocycles. The van der Waals surface area contributed by atoms with E-state index in [4.69, 9.17) is 0 Å². The predicted molar refractivity (Wildman–Crippen MR) is 141 cm³/mol. The van der Waals surface area contributed by atoms with Gasteiger partial charge in [0.05, 0.1) is 0 Å². The van der Waals surface area contributed by atoms with Gasteiger partial charge in [-0.1, -0.05) is 137 Å². The van der Waals surface area contributed by atoms with Crippen LogP contribution in [0.4, 0.5) is 0 Å².